The van der Waals surface area contributed by atoms with Crippen molar-refractivity contribution >= 4 is 21.4 Å². The van der Waals surface area contributed by atoms with E-state index < -0.39 is 38.3 Å². The first-order valence-electron chi connectivity index (χ1n) is 10.1. The monoisotopic (exact) mass is 451 g/mol. The number of nitrogens with zero attached hydrogens (tertiary/aromatic N) is 1. The second kappa shape index (κ2) is 8.24. The Hall–Kier alpha value is -3.45. The van der Waals surface area contributed by atoms with E-state index in [0.29, 0.717) is 11.3 Å². The molecule has 0 bridgehead atoms. The first kappa shape index (κ1) is 21.8. The maximum absolute atomic E-state index is 13.6. The second-order valence-corrected chi connectivity index (χ2v) is 9.82. The number of rotatable bonds is 5. The molecule has 164 valence electrons. The van der Waals surface area contributed by atoms with Gasteiger partial charge in [-0.2, -0.15) is 0 Å². The molecule has 0 saturated heterocycles. The second-order valence-electron chi connectivity index (χ2n) is 7.90. The molecule has 0 unspecified atom stereocenters. The molecule has 0 fully saturated rings. The Morgan fingerprint density at radius 1 is 0.906 bits per heavy atom. The van der Waals surface area contributed by atoms with Gasteiger partial charge in [-0.1, -0.05) is 56.3 Å². The van der Waals surface area contributed by atoms with Crippen LogP contribution in [0.5, 0.6) is 0 Å². The first-order valence-corrected chi connectivity index (χ1v) is 11.6. The molecule has 0 spiro atoms. The molecule has 0 aliphatic carbocycles. The standard InChI is InChI=1S/C25H22FNO4S/c1-16(2)17-10-14-20(15-11-17)27-22(18-8-12-19(26)13-9-18)24(23(28)25(27)29)32(30,31)21-6-4-3-5-7-21/h3-16,22,28H,1-2H3/t22-/m0/s1. The van der Waals surface area contributed by atoms with Gasteiger partial charge >= 0.3 is 0 Å². The highest BCUT2D eigenvalue weighted by Gasteiger charge is 2.47. The van der Waals surface area contributed by atoms with Gasteiger partial charge in [-0.3, -0.25) is 9.69 Å². The largest absolute Gasteiger partial charge is 0.502 e. The van der Waals surface area contributed by atoms with Crippen molar-refractivity contribution in [1.29, 1.82) is 0 Å². The number of aliphatic hydroxyl groups excluding tert-OH is 1. The molecule has 1 heterocycles. The Morgan fingerprint density at radius 3 is 2.06 bits per heavy atom. The molecule has 0 aromatic heterocycles. The number of benzene rings is 3. The van der Waals surface area contributed by atoms with Crippen molar-refractivity contribution in [2.24, 2.45) is 0 Å². The molecule has 5 nitrogen and oxygen atoms in total. The fourth-order valence-electron chi connectivity index (χ4n) is 3.82. The number of aliphatic hydroxyl groups is 1. The molecule has 0 radical (unpaired) electrons. The molecule has 1 N–H and O–H groups in total. The van der Waals surface area contributed by atoms with Gasteiger partial charge in [0.1, 0.15) is 16.8 Å². The first-order chi connectivity index (χ1) is 15.2. The predicted molar refractivity (Wildman–Crippen MR) is 120 cm³/mol. The lowest BCUT2D eigenvalue weighted by Crippen LogP contribution is -2.31. The van der Waals surface area contributed by atoms with Gasteiger partial charge < -0.3 is 5.11 Å². The minimum Gasteiger partial charge on any atom is -0.502 e. The van der Waals surface area contributed by atoms with Crippen molar-refractivity contribution in [2.75, 3.05) is 4.90 Å². The summed E-state index contributed by atoms with van der Waals surface area (Å²) in [7, 11) is -4.22. The van der Waals surface area contributed by atoms with Crippen molar-refractivity contribution in [2.45, 2.75) is 30.7 Å². The van der Waals surface area contributed by atoms with E-state index in [-0.39, 0.29) is 10.8 Å². The van der Waals surface area contributed by atoms with Crippen molar-refractivity contribution < 1.29 is 22.7 Å². The molecule has 1 amide bonds. The van der Waals surface area contributed by atoms with Gasteiger partial charge in [0, 0.05) is 5.69 Å². The van der Waals surface area contributed by atoms with Crippen molar-refractivity contribution in [3.05, 3.63) is 106 Å². The van der Waals surface area contributed by atoms with E-state index in [1.165, 1.54) is 41.3 Å². The van der Waals surface area contributed by atoms with Crippen molar-refractivity contribution in [3.8, 4) is 0 Å². The van der Waals surface area contributed by atoms with E-state index in [0.717, 1.165) is 5.56 Å². The van der Waals surface area contributed by atoms with Crippen molar-refractivity contribution in [1.82, 2.24) is 0 Å². The highest BCUT2D eigenvalue weighted by Crippen LogP contribution is 2.44. The van der Waals surface area contributed by atoms with E-state index >= 15 is 0 Å². The Morgan fingerprint density at radius 2 is 1.50 bits per heavy atom. The molecule has 7 heteroatoms. The van der Waals surface area contributed by atoms with Gasteiger partial charge in [0.15, 0.2) is 5.76 Å². The summed E-state index contributed by atoms with van der Waals surface area (Å²) in [5.41, 5.74) is 1.85. The van der Waals surface area contributed by atoms with Crippen LogP contribution in [0.1, 0.15) is 36.9 Å². The Bertz CT molecular complexity index is 1280. The zero-order valence-corrected chi connectivity index (χ0v) is 18.4. The smallest absolute Gasteiger partial charge is 0.295 e. The summed E-state index contributed by atoms with van der Waals surface area (Å²) >= 11 is 0. The zero-order valence-electron chi connectivity index (χ0n) is 17.6. The van der Waals surface area contributed by atoms with Gasteiger partial charge in [0.2, 0.25) is 9.84 Å². The molecule has 1 atom stereocenters. The van der Waals surface area contributed by atoms with Crippen LogP contribution < -0.4 is 4.90 Å². The molecule has 3 aromatic carbocycles. The molecular weight excluding hydrogens is 429 g/mol. The SMILES string of the molecule is CC(C)c1ccc(N2C(=O)C(O)=C(S(=O)(=O)c3ccccc3)[C@@H]2c2ccc(F)cc2)cc1. The number of halogens is 1. The average Bonchev–Trinajstić information content (AvgIpc) is 3.06. The summed E-state index contributed by atoms with van der Waals surface area (Å²) in [6, 6.07) is 18.9. The summed E-state index contributed by atoms with van der Waals surface area (Å²) in [5.74, 6) is -1.89. The average molecular weight is 452 g/mol. The summed E-state index contributed by atoms with van der Waals surface area (Å²) in [4.78, 5) is 13.9. The van der Waals surface area contributed by atoms with Crippen LogP contribution in [0.4, 0.5) is 10.1 Å². The molecule has 1 aliphatic heterocycles. The van der Waals surface area contributed by atoms with Gasteiger partial charge in [0.05, 0.1) is 4.90 Å². The van der Waals surface area contributed by atoms with E-state index in [9.17, 15) is 22.7 Å². The molecule has 4 rings (SSSR count). The number of carbonyl (C=O) groups is 1. The quantitative estimate of drug-likeness (QED) is 0.573. The molecule has 1 aliphatic rings. The van der Waals surface area contributed by atoms with E-state index in [4.69, 9.17) is 0 Å². The molecule has 3 aromatic rings. The predicted octanol–water partition coefficient (Wildman–Crippen LogP) is 5.28. The van der Waals surface area contributed by atoms with Crippen LogP contribution in [0.3, 0.4) is 0 Å². The third-order valence-electron chi connectivity index (χ3n) is 5.53. The summed E-state index contributed by atoms with van der Waals surface area (Å²) in [5, 5.41) is 10.8. The summed E-state index contributed by atoms with van der Waals surface area (Å²) < 4.78 is 40.6. The van der Waals surface area contributed by atoms with Gasteiger partial charge in [0.25, 0.3) is 5.91 Å². The van der Waals surface area contributed by atoms with Crippen LogP contribution in [0.25, 0.3) is 0 Å². The van der Waals surface area contributed by atoms with E-state index in [2.05, 4.69) is 0 Å². The number of amides is 1. The molecular formula is C25H22FNO4S. The Kier molecular flexibility index (Phi) is 5.60. The maximum atomic E-state index is 13.6. The minimum absolute atomic E-state index is 0.0431. The van der Waals surface area contributed by atoms with Crippen molar-refractivity contribution in [3.63, 3.8) is 0 Å². The number of anilines is 1. The lowest BCUT2D eigenvalue weighted by Gasteiger charge is -2.27. The number of sulfone groups is 1. The van der Waals surface area contributed by atoms with Crippen LogP contribution in [0, 0.1) is 5.82 Å². The van der Waals surface area contributed by atoms with E-state index in [1.807, 2.05) is 26.0 Å². The lowest BCUT2D eigenvalue weighted by atomic mass is 10.0. The summed E-state index contributed by atoms with van der Waals surface area (Å²) in [6.45, 7) is 4.07. The Balaban J connectivity index is 1.90. The van der Waals surface area contributed by atoms with E-state index in [1.54, 1.807) is 30.3 Å². The molecule has 32 heavy (non-hydrogen) atoms. The summed E-state index contributed by atoms with van der Waals surface area (Å²) in [6.07, 6.45) is 0. The third-order valence-corrected chi connectivity index (χ3v) is 7.42. The van der Waals surface area contributed by atoms with Crippen LogP contribution >= 0.6 is 0 Å². The van der Waals surface area contributed by atoms with Crippen LogP contribution in [0.15, 0.2) is 94.4 Å². The molecule has 0 saturated carbocycles. The number of hydrogen-bond donors (Lipinski definition) is 1. The van der Waals surface area contributed by atoms with Gasteiger partial charge in [-0.05, 0) is 53.4 Å². The van der Waals surface area contributed by atoms with Crippen LogP contribution in [-0.2, 0) is 14.6 Å². The van der Waals surface area contributed by atoms with Gasteiger partial charge in [-0.15, -0.1) is 0 Å². The topological polar surface area (TPSA) is 74.7 Å². The minimum atomic E-state index is -4.22. The fourth-order valence-corrected chi connectivity index (χ4v) is 5.46. The Labute approximate surface area is 186 Å². The maximum Gasteiger partial charge on any atom is 0.295 e. The zero-order chi connectivity index (χ0) is 23.0. The van der Waals surface area contributed by atoms with Gasteiger partial charge in [-0.25, -0.2) is 12.8 Å². The normalized spacial score (nSPS) is 16.8. The highest BCUT2D eigenvalue weighted by molar-refractivity contribution is 7.95. The van der Waals surface area contributed by atoms with Crippen LogP contribution in [0.2, 0.25) is 0 Å². The lowest BCUT2D eigenvalue weighted by molar-refractivity contribution is -0.117. The van der Waals surface area contributed by atoms with Crippen LogP contribution in [-0.4, -0.2) is 19.4 Å². The third kappa shape index (κ3) is 3.69. The number of carbonyl (C=O) groups excluding carboxylic acids is 1. The fraction of sp³-hybridized carbons (Fsp3) is 0.160. The highest BCUT2D eigenvalue weighted by atomic mass is 32.2. The number of hydrogen-bond acceptors (Lipinski definition) is 4.